The summed E-state index contributed by atoms with van der Waals surface area (Å²) in [6, 6.07) is 0.224. The molecular formula is C28H49NO7. The van der Waals surface area contributed by atoms with Crippen LogP contribution in [0.2, 0.25) is 0 Å². The van der Waals surface area contributed by atoms with Crippen LogP contribution in [0.5, 0.6) is 0 Å². The summed E-state index contributed by atoms with van der Waals surface area (Å²) in [6.45, 7) is 18.7. The van der Waals surface area contributed by atoms with E-state index in [-0.39, 0.29) is 42.8 Å². The minimum absolute atomic E-state index is 0.0130. The van der Waals surface area contributed by atoms with Crippen molar-refractivity contribution in [2.45, 2.75) is 110 Å². The Morgan fingerprint density at radius 2 is 1.78 bits per heavy atom. The molecule has 1 aliphatic heterocycles. The number of nitrogens with zero attached hydrogens (tertiary/aromatic N) is 1. The van der Waals surface area contributed by atoms with E-state index >= 15 is 0 Å². The molecule has 36 heavy (non-hydrogen) atoms. The summed E-state index contributed by atoms with van der Waals surface area (Å²) in [5.41, 5.74) is -1.71. The second-order valence-corrected chi connectivity index (χ2v) is 11.7. The maximum Gasteiger partial charge on any atom is 0.313 e. The molecule has 0 aromatic rings. The standard InChI is InChI=1S/C28H49NO7/c1-12-13-33-28(9,16-18(2)17-30)25(21(5)23(31)15-24(32)36-27(6,7)8)35-26-20(4)22(29(10)11)14-19(3)34-26/h12,17-22,25-26H,1,13-16H2,2-11H3/t18-,19?,20?,21+,22?,25-,26+,28-/m1/s1. The molecule has 0 aromatic heterocycles. The number of ether oxygens (including phenoxy) is 4. The normalized spacial score (nSPS) is 27.0. The molecule has 208 valence electrons. The average Bonchev–Trinajstić information content (AvgIpc) is 2.75. The molecule has 0 radical (unpaired) electrons. The lowest BCUT2D eigenvalue weighted by molar-refractivity contribution is -0.282. The van der Waals surface area contributed by atoms with Gasteiger partial charge in [-0.1, -0.05) is 26.8 Å². The molecular weight excluding hydrogens is 462 g/mol. The van der Waals surface area contributed by atoms with Crippen molar-refractivity contribution in [3.05, 3.63) is 12.7 Å². The number of esters is 1. The van der Waals surface area contributed by atoms with Gasteiger partial charge in [-0.3, -0.25) is 9.59 Å². The highest BCUT2D eigenvalue weighted by Crippen LogP contribution is 2.37. The zero-order valence-corrected chi connectivity index (χ0v) is 24.0. The Balaban J connectivity index is 3.36. The van der Waals surface area contributed by atoms with Gasteiger partial charge in [0.1, 0.15) is 24.1 Å². The molecule has 1 fully saturated rings. The highest BCUT2D eigenvalue weighted by Gasteiger charge is 2.47. The van der Waals surface area contributed by atoms with Gasteiger partial charge in [0, 0.05) is 23.8 Å². The van der Waals surface area contributed by atoms with Crippen LogP contribution in [-0.4, -0.2) is 79.4 Å². The van der Waals surface area contributed by atoms with Crippen LogP contribution in [-0.2, 0) is 33.3 Å². The Hall–Kier alpha value is -1.61. The topological polar surface area (TPSA) is 91.4 Å². The maximum atomic E-state index is 13.3. The lowest BCUT2D eigenvalue weighted by atomic mass is 9.80. The molecule has 1 aliphatic rings. The first-order valence-electron chi connectivity index (χ1n) is 13.0. The van der Waals surface area contributed by atoms with E-state index in [1.54, 1.807) is 40.7 Å². The zero-order chi connectivity index (χ0) is 27.8. The van der Waals surface area contributed by atoms with Gasteiger partial charge in [-0.15, -0.1) is 6.58 Å². The molecule has 8 heteroatoms. The van der Waals surface area contributed by atoms with Crippen LogP contribution < -0.4 is 0 Å². The average molecular weight is 512 g/mol. The molecule has 0 aromatic carbocycles. The molecule has 0 saturated carbocycles. The lowest BCUT2D eigenvalue weighted by Gasteiger charge is -2.47. The Morgan fingerprint density at radius 1 is 1.17 bits per heavy atom. The van der Waals surface area contributed by atoms with Gasteiger partial charge in [-0.05, 0) is 61.6 Å². The van der Waals surface area contributed by atoms with Crippen LogP contribution in [0, 0.1) is 17.8 Å². The number of rotatable bonds is 14. The first-order chi connectivity index (χ1) is 16.5. The summed E-state index contributed by atoms with van der Waals surface area (Å²) in [6.07, 6.45) is 1.88. The predicted molar refractivity (Wildman–Crippen MR) is 139 cm³/mol. The Bertz CT molecular complexity index is 747. The fourth-order valence-electron chi connectivity index (χ4n) is 4.96. The SMILES string of the molecule is C=CCO[C@](C)(C[C@@H](C)C=O)[C@H](O[C@@H]1OC(C)CC(N(C)C)C1C)[C@@H](C)C(=O)CC(=O)OC(C)(C)C. The number of hydrogen-bond acceptors (Lipinski definition) is 8. The summed E-state index contributed by atoms with van der Waals surface area (Å²) in [5.74, 6) is -1.95. The molecule has 1 saturated heterocycles. The van der Waals surface area contributed by atoms with Gasteiger partial charge >= 0.3 is 5.97 Å². The molecule has 0 aliphatic carbocycles. The molecule has 0 N–H and O–H groups in total. The van der Waals surface area contributed by atoms with E-state index in [2.05, 4.69) is 18.4 Å². The van der Waals surface area contributed by atoms with E-state index in [9.17, 15) is 14.4 Å². The Labute approximate surface area is 218 Å². The fraction of sp³-hybridized carbons (Fsp3) is 0.821. The van der Waals surface area contributed by atoms with Gasteiger partial charge in [-0.2, -0.15) is 0 Å². The molecule has 1 rings (SSSR count). The summed E-state index contributed by atoms with van der Waals surface area (Å²) in [4.78, 5) is 39.5. The van der Waals surface area contributed by atoms with Crippen molar-refractivity contribution in [3.8, 4) is 0 Å². The van der Waals surface area contributed by atoms with E-state index in [0.29, 0.717) is 6.42 Å². The lowest BCUT2D eigenvalue weighted by Crippen LogP contribution is -2.56. The van der Waals surface area contributed by atoms with Gasteiger partial charge in [0.2, 0.25) is 0 Å². The third-order valence-electron chi connectivity index (χ3n) is 6.71. The molecule has 8 atom stereocenters. The smallest absolute Gasteiger partial charge is 0.313 e. The molecule has 0 amide bonds. The van der Waals surface area contributed by atoms with Crippen molar-refractivity contribution in [1.82, 2.24) is 4.90 Å². The highest BCUT2D eigenvalue weighted by atomic mass is 16.7. The first kappa shape index (κ1) is 32.4. The van der Waals surface area contributed by atoms with Crippen LogP contribution >= 0.6 is 0 Å². The third-order valence-corrected chi connectivity index (χ3v) is 6.71. The van der Waals surface area contributed by atoms with Crippen LogP contribution in [0.1, 0.15) is 74.7 Å². The van der Waals surface area contributed by atoms with Gasteiger partial charge in [0.05, 0.1) is 24.4 Å². The molecule has 3 unspecified atom stereocenters. The van der Waals surface area contributed by atoms with E-state index in [0.717, 1.165) is 12.7 Å². The van der Waals surface area contributed by atoms with Gasteiger partial charge in [0.25, 0.3) is 0 Å². The third kappa shape index (κ3) is 9.69. The van der Waals surface area contributed by atoms with Gasteiger partial charge in [-0.25, -0.2) is 0 Å². The first-order valence-corrected chi connectivity index (χ1v) is 13.0. The quantitative estimate of drug-likeness (QED) is 0.148. The van der Waals surface area contributed by atoms with Crippen LogP contribution in [0.4, 0.5) is 0 Å². The van der Waals surface area contributed by atoms with Crippen molar-refractivity contribution < 1.29 is 33.3 Å². The van der Waals surface area contributed by atoms with Crippen molar-refractivity contribution in [1.29, 1.82) is 0 Å². The summed E-state index contributed by atoms with van der Waals surface area (Å²) in [7, 11) is 4.06. The number of hydrogen-bond donors (Lipinski definition) is 0. The highest BCUT2D eigenvalue weighted by molar-refractivity contribution is 5.97. The maximum absolute atomic E-state index is 13.3. The molecule has 0 spiro atoms. The summed E-state index contributed by atoms with van der Waals surface area (Å²) in [5, 5.41) is 0. The van der Waals surface area contributed by atoms with Crippen LogP contribution in [0.15, 0.2) is 12.7 Å². The number of Topliss-reactive ketones (excluding diaryl/α,β-unsaturated/α-hetero) is 1. The molecule has 1 heterocycles. The van der Waals surface area contributed by atoms with Crippen molar-refractivity contribution in [2.75, 3.05) is 20.7 Å². The Morgan fingerprint density at radius 3 is 2.28 bits per heavy atom. The number of ketones is 1. The minimum atomic E-state index is -1.02. The van der Waals surface area contributed by atoms with E-state index in [1.165, 1.54) is 0 Å². The minimum Gasteiger partial charge on any atom is -0.460 e. The van der Waals surface area contributed by atoms with Crippen molar-refractivity contribution in [3.63, 3.8) is 0 Å². The summed E-state index contributed by atoms with van der Waals surface area (Å²) >= 11 is 0. The second kappa shape index (κ2) is 13.8. The van der Waals surface area contributed by atoms with E-state index < -0.39 is 35.5 Å². The monoisotopic (exact) mass is 511 g/mol. The van der Waals surface area contributed by atoms with E-state index in [1.807, 2.05) is 27.9 Å². The largest absolute Gasteiger partial charge is 0.460 e. The number of carbonyl (C=O) groups excluding carboxylic acids is 3. The van der Waals surface area contributed by atoms with Crippen LogP contribution in [0.3, 0.4) is 0 Å². The van der Waals surface area contributed by atoms with Crippen molar-refractivity contribution in [2.24, 2.45) is 17.8 Å². The summed E-state index contributed by atoms with van der Waals surface area (Å²) < 4.78 is 24.4. The van der Waals surface area contributed by atoms with E-state index in [4.69, 9.17) is 18.9 Å². The molecule has 0 bridgehead atoms. The Kier molecular flexibility index (Phi) is 12.4. The number of aldehydes is 1. The molecule has 8 nitrogen and oxygen atoms in total. The van der Waals surface area contributed by atoms with Gasteiger partial charge in [0.15, 0.2) is 6.29 Å². The number of carbonyl (C=O) groups is 3. The second-order valence-electron chi connectivity index (χ2n) is 11.7. The van der Waals surface area contributed by atoms with Crippen molar-refractivity contribution >= 4 is 18.0 Å². The zero-order valence-electron chi connectivity index (χ0n) is 24.0. The predicted octanol–water partition coefficient (Wildman–Crippen LogP) is 4.20. The van der Waals surface area contributed by atoms with Gasteiger partial charge < -0.3 is 28.6 Å². The van der Waals surface area contributed by atoms with Crippen LogP contribution in [0.25, 0.3) is 0 Å². The fourth-order valence-corrected chi connectivity index (χ4v) is 4.96.